The van der Waals surface area contributed by atoms with Crippen molar-refractivity contribution >= 4 is 0 Å². The third-order valence-electron chi connectivity index (χ3n) is 5.21. The Labute approximate surface area is 126 Å². The molecule has 2 fully saturated rings. The van der Waals surface area contributed by atoms with Crippen molar-refractivity contribution in [1.29, 1.82) is 0 Å². The van der Waals surface area contributed by atoms with Crippen LogP contribution in [0.2, 0.25) is 0 Å². The molecule has 1 saturated heterocycles. The lowest BCUT2D eigenvalue weighted by Crippen LogP contribution is -2.39. The molecule has 1 atom stereocenters. The summed E-state index contributed by atoms with van der Waals surface area (Å²) in [6, 6.07) is 1.62. The lowest BCUT2D eigenvalue weighted by molar-refractivity contribution is 0.239. The molecule has 20 heavy (non-hydrogen) atoms. The third-order valence-corrected chi connectivity index (χ3v) is 5.21. The van der Waals surface area contributed by atoms with Crippen LogP contribution in [0.3, 0.4) is 0 Å². The Bertz CT molecular complexity index is 251. The van der Waals surface area contributed by atoms with Gasteiger partial charge >= 0.3 is 0 Å². The van der Waals surface area contributed by atoms with Crippen molar-refractivity contribution < 1.29 is 0 Å². The van der Waals surface area contributed by atoms with E-state index in [0.29, 0.717) is 0 Å². The topological polar surface area (TPSA) is 18.5 Å². The summed E-state index contributed by atoms with van der Waals surface area (Å²) in [5.74, 6) is 0. The summed E-state index contributed by atoms with van der Waals surface area (Å²) in [5.41, 5.74) is 0. The largest absolute Gasteiger partial charge is 0.313 e. The molecule has 0 aromatic rings. The van der Waals surface area contributed by atoms with Gasteiger partial charge in [0.1, 0.15) is 0 Å². The maximum atomic E-state index is 3.81. The molecule has 0 aromatic carbocycles. The van der Waals surface area contributed by atoms with Crippen LogP contribution in [0.4, 0.5) is 0 Å². The van der Waals surface area contributed by atoms with Crippen molar-refractivity contribution in [2.24, 2.45) is 0 Å². The van der Waals surface area contributed by atoms with Crippen molar-refractivity contribution in [3.05, 3.63) is 0 Å². The first kappa shape index (κ1) is 16.3. The van der Waals surface area contributed by atoms with Gasteiger partial charge in [-0.05, 0) is 65.2 Å². The highest BCUT2D eigenvalue weighted by Gasteiger charge is 2.20. The molecule has 3 nitrogen and oxygen atoms in total. The summed E-state index contributed by atoms with van der Waals surface area (Å²) in [6.07, 6.45) is 11.1. The summed E-state index contributed by atoms with van der Waals surface area (Å²) < 4.78 is 0. The zero-order valence-corrected chi connectivity index (χ0v) is 13.7. The first-order valence-corrected chi connectivity index (χ1v) is 8.95. The van der Waals surface area contributed by atoms with Crippen molar-refractivity contribution in [2.45, 2.75) is 70.4 Å². The number of nitrogens with one attached hydrogen (secondary N) is 1. The highest BCUT2D eigenvalue weighted by Crippen LogP contribution is 2.21. The van der Waals surface area contributed by atoms with Crippen molar-refractivity contribution in [3.8, 4) is 0 Å². The highest BCUT2D eigenvalue weighted by atomic mass is 15.2. The molecular formula is C17H35N3. The SMILES string of the molecule is CCCN1CCCC(NCCN(C)C2CCCC2)CC1. The van der Waals surface area contributed by atoms with Crippen LogP contribution in [0.25, 0.3) is 0 Å². The van der Waals surface area contributed by atoms with E-state index in [9.17, 15) is 0 Å². The summed E-state index contributed by atoms with van der Waals surface area (Å²) >= 11 is 0. The zero-order chi connectivity index (χ0) is 14.2. The van der Waals surface area contributed by atoms with Gasteiger partial charge in [0, 0.05) is 25.2 Å². The quantitative estimate of drug-likeness (QED) is 0.774. The second-order valence-electron chi connectivity index (χ2n) is 6.84. The Balaban J connectivity index is 1.59. The van der Waals surface area contributed by atoms with E-state index in [2.05, 4.69) is 29.1 Å². The van der Waals surface area contributed by atoms with Crippen LogP contribution >= 0.6 is 0 Å². The molecular weight excluding hydrogens is 246 g/mol. The molecule has 1 aliphatic carbocycles. The molecule has 1 N–H and O–H groups in total. The lowest BCUT2D eigenvalue weighted by atomic mass is 10.1. The first-order valence-electron chi connectivity index (χ1n) is 8.95. The molecule has 0 spiro atoms. The van der Waals surface area contributed by atoms with Gasteiger partial charge < -0.3 is 15.1 Å². The molecule has 0 amide bonds. The molecule has 0 radical (unpaired) electrons. The fourth-order valence-electron chi connectivity index (χ4n) is 3.87. The van der Waals surface area contributed by atoms with Crippen molar-refractivity contribution in [1.82, 2.24) is 15.1 Å². The minimum Gasteiger partial charge on any atom is -0.313 e. The van der Waals surface area contributed by atoms with E-state index < -0.39 is 0 Å². The van der Waals surface area contributed by atoms with Crippen LogP contribution in [0, 0.1) is 0 Å². The summed E-state index contributed by atoms with van der Waals surface area (Å²) in [4.78, 5) is 5.23. The fraction of sp³-hybridized carbons (Fsp3) is 1.00. The van der Waals surface area contributed by atoms with E-state index in [1.54, 1.807) is 0 Å². The number of rotatable bonds is 7. The Morgan fingerprint density at radius 2 is 1.85 bits per heavy atom. The third kappa shape index (κ3) is 5.34. The predicted molar refractivity (Wildman–Crippen MR) is 87.3 cm³/mol. The zero-order valence-electron chi connectivity index (χ0n) is 13.7. The molecule has 118 valence electrons. The van der Waals surface area contributed by atoms with E-state index in [1.807, 2.05) is 0 Å². The number of hydrogen-bond donors (Lipinski definition) is 1. The fourth-order valence-corrected chi connectivity index (χ4v) is 3.87. The van der Waals surface area contributed by atoms with Gasteiger partial charge in [-0.15, -0.1) is 0 Å². The molecule has 3 heteroatoms. The number of nitrogens with zero attached hydrogens (tertiary/aromatic N) is 2. The van der Waals surface area contributed by atoms with E-state index in [0.717, 1.165) is 12.1 Å². The maximum absolute atomic E-state index is 3.81. The van der Waals surface area contributed by atoms with Gasteiger partial charge in [0.2, 0.25) is 0 Å². The van der Waals surface area contributed by atoms with Crippen LogP contribution in [0.5, 0.6) is 0 Å². The standard InChI is InChI=1S/C17H35N3/c1-3-12-20-13-6-7-16(10-14-20)18-11-15-19(2)17-8-4-5-9-17/h16-18H,3-15H2,1-2H3. The van der Waals surface area contributed by atoms with Gasteiger partial charge in [0.25, 0.3) is 0 Å². The molecule has 0 aromatic heterocycles. The molecule has 1 aliphatic heterocycles. The van der Waals surface area contributed by atoms with E-state index in [-0.39, 0.29) is 0 Å². The van der Waals surface area contributed by atoms with Crippen molar-refractivity contribution in [2.75, 3.05) is 39.8 Å². The molecule has 1 unspecified atom stereocenters. The predicted octanol–water partition coefficient (Wildman–Crippen LogP) is 2.71. The second-order valence-corrected chi connectivity index (χ2v) is 6.84. The minimum atomic E-state index is 0.758. The van der Waals surface area contributed by atoms with Gasteiger partial charge in [0.15, 0.2) is 0 Å². The number of hydrogen-bond acceptors (Lipinski definition) is 3. The van der Waals surface area contributed by atoms with Gasteiger partial charge in [-0.3, -0.25) is 0 Å². The van der Waals surface area contributed by atoms with Crippen LogP contribution in [0.1, 0.15) is 58.3 Å². The summed E-state index contributed by atoms with van der Waals surface area (Å²) in [6.45, 7) is 8.58. The molecule has 0 bridgehead atoms. The normalized spacial score (nSPS) is 26.2. The number of likely N-dealkylation sites (N-methyl/N-ethyl adjacent to an activating group) is 1. The smallest absolute Gasteiger partial charge is 0.0107 e. The maximum Gasteiger partial charge on any atom is 0.0107 e. The Morgan fingerprint density at radius 1 is 1.05 bits per heavy atom. The average molecular weight is 281 g/mol. The summed E-state index contributed by atoms with van der Waals surface area (Å²) in [7, 11) is 2.31. The minimum absolute atomic E-state index is 0.758. The second kappa shape index (κ2) is 9.01. The molecule has 2 aliphatic rings. The van der Waals surface area contributed by atoms with E-state index in [4.69, 9.17) is 0 Å². The number of likely N-dealkylation sites (tertiary alicyclic amines) is 1. The summed E-state index contributed by atoms with van der Waals surface area (Å²) in [5, 5.41) is 3.81. The molecule has 1 heterocycles. The van der Waals surface area contributed by atoms with E-state index in [1.165, 1.54) is 84.1 Å². The lowest BCUT2D eigenvalue weighted by Gasteiger charge is -2.25. The van der Waals surface area contributed by atoms with Gasteiger partial charge in [-0.1, -0.05) is 19.8 Å². The van der Waals surface area contributed by atoms with Crippen LogP contribution in [-0.2, 0) is 0 Å². The average Bonchev–Trinajstić information content (AvgIpc) is 2.89. The van der Waals surface area contributed by atoms with Crippen LogP contribution < -0.4 is 5.32 Å². The van der Waals surface area contributed by atoms with Gasteiger partial charge in [-0.25, -0.2) is 0 Å². The van der Waals surface area contributed by atoms with E-state index >= 15 is 0 Å². The molecule has 2 rings (SSSR count). The van der Waals surface area contributed by atoms with Gasteiger partial charge in [-0.2, -0.15) is 0 Å². The highest BCUT2D eigenvalue weighted by molar-refractivity contribution is 4.78. The van der Waals surface area contributed by atoms with Crippen molar-refractivity contribution in [3.63, 3.8) is 0 Å². The monoisotopic (exact) mass is 281 g/mol. The Morgan fingerprint density at radius 3 is 2.60 bits per heavy atom. The Hall–Kier alpha value is -0.120. The first-order chi connectivity index (χ1) is 9.79. The Kier molecular flexibility index (Phi) is 7.32. The van der Waals surface area contributed by atoms with Crippen LogP contribution in [0.15, 0.2) is 0 Å². The van der Waals surface area contributed by atoms with Crippen LogP contribution in [-0.4, -0.2) is 61.7 Å². The van der Waals surface area contributed by atoms with Gasteiger partial charge in [0.05, 0.1) is 0 Å². The molecule has 1 saturated carbocycles.